The lowest BCUT2D eigenvalue weighted by molar-refractivity contribution is -0.497. The van der Waals surface area contributed by atoms with Crippen LogP contribution in [0.3, 0.4) is 0 Å². The molecule has 76 valence electrons. The Balaban J connectivity index is 3.18. The zero-order valence-electron chi connectivity index (χ0n) is 7.29. The molecule has 0 aromatic heterocycles. The van der Waals surface area contributed by atoms with Crippen LogP contribution in [0.15, 0.2) is 12.1 Å². The molecule has 0 fully saturated rings. The van der Waals surface area contributed by atoms with Gasteiger partial charge in [-0.3, -0.25) is 10.1 Å². The van der Waals surface area contributed by atoms with Crippen LogP contribution in [0.5, 0.6) is 5.75 Å². The SMILES string of the molecule is COc1cc(F)cc(F)c1C[N+](=O)[O-]. The van der Waals surface area contributed by atoms with Crippen LogP contribution in [0, 0.1) is 21.7 Å². The first-order valence-corrected chi connectivity index (χ1v) is 3.68. The molecule has 0 aliphatic heterocycles. The van der Waals surface area contributed by atoms with Crippen molar-refractivity contribution in [3.8, 4) is 5.75 Å². The molecule has 14 heavy (non-hydrogen) atoms. The third-order valence-electron chi connectivity index (χ3n) is 1.63. The molecular weight excluding hydrogens is 196 g/mol. The number of ether oxygens (including phenoxy) is 1. The predicted molar refractivity (Wildman–Crippen MR) is 43.6 cm³/mol. The van der Waals surface area contributed by atoms with Crippen molar-refractivity contribution in [1.29, 1.82) is 0 Å². The van der Waals surface area contributed by atoms with E-state index in [2.05, 4.69) is 4.74 Å². The molecule has 0 spiro atoms. The highest BCUT2D eigenvalue weighted by Gasteiger charge is 2.16. The van der Waals surface area contributed by atoms with E-state index in [-0.39, 0.29) is 11.3 Å². The van der Waals surface area contributed by atoms with Gasteiger partial charge in [0.1, 0.15) is 22.9 Å². The third-order valence-corrected chi connectivity index (χ3v) is 1.63. The van der Waals surface area contributed by atoms with Gasteiger partial charge in [-0.05, 0) is 0 Å². The quantitative estimate of drug-likeness (QED) is 0.555. The summed E-state index contributed by atoms with van der Waals surface area (Å²) in [5.41, 5.74) is -0.251. The number of methoxy groups -OCH3 is 1. The molecular formula is C8H7F2NO3. The van der Waals surface area contributed by atoms with Crippen molar-refractivity contribution >= 4 is 0 Å². The van der Waals surface area contributed by atoms with Gasteiger partial charge in [-0.25, -0.2) is 8.78 Å². The molecule has 1 rings (SSSR count). The van der Waals surface area contributed by atoms with E-state index in [0.717, 1.165) is 6.07 Å². The maximum absolute atomic E-state index is 13.0. The minimum atomic E-state index is -0.974. The highest BCUT2D eigenvalue weighted by atomic mass is 19.1. The highest BCUT2D eigenvalue weighted by Crippen LogP contribution is 2.23. The summed E-state index contributed by atoms with van der Waals surface area (Å²) in [6.45, 7) is -0.727. The monoisotopic (exact) mass is 203 g/mol. The molecule has 0 aliphatic rings. The van der Waals surface area contributed by atoms with Gasteiger partial charge in [-0.15, -0.1) is 0 Å². The largest absolute Gasteiger partial charge is 0.496 e. The van der Waals surface area contributed by atoms with E-state index >= 15 is 0 Å². The average molecular weight is 203 g/mol. The zero-order chi connectivity index (χ0) is 10.7. The smallest absolute Gasteiger partial charge is 0.235 e. The Morgan fingerprint density at radius 3 is 2.64 bits per heavy atom. The molecule has 6 heteroatoms. The molecule has 1 aromatic rings. The molecule has 0 unspecified atom stereocenters. The highest BCUT2D eigenvalue weighted by molar-refractivity contribution is 5.34. The van der Waals surface area contributed by atoms with Crippen molar-refractivity contribution in [3.05, 3.63) is 39.4 Å². The first-order chi connectivity index (χ1) is 6.54. The lowest BCUT2D eigenvalue weighted by atomic mass is 10.2. The Labute approximate surface area is 78.3 Å². The first kappa shape index (κ1) is 10.4. The molecule has 0 heterocycles. The summed E-state index contributed by atoms with van der Waals surface area (Å²) in [6.07, 6.45) is 0. The standard InChI is InChI=1S/C8H7F2NO3/c1-14-8-3-5(9)2-7(10)6(8)4-11(12)13/h2-3H,4H2,1H3. The minimum Gasteiger partial charge on any atom is -0.496 e. The fourth-order valence-electron chi connectivity index (χ4n) is 1.04. The second-order valence-electron chi connectivity index (χ2n) is 2.56. The number of nitro groups is 1. The molecule has 0 N–H and O–H groups in total. The van der Waals surface area contributed by atoms with Crippen molar-refractivity contribution in [2.75, 3.05) is 7.11 Å². The normalized spacial score (nSPS) is 9.93. The Morgan fingerprint density at radius 2 is 2.14 bits per heavy atom. The van der Waals surface area contributed by atoms with Gasteiger partial charge in [0.05, 0.1) is 7.11 Å². The van der Waals surface area contributed by atoms with Crippen LogP contribution < -0.4 is 4.74 Å². The molecule has 0 bridgehead atoms. The van der Waals surface area contributed by atoms with Crippen LogP contribution in [0.2, 0.25) is 0 Å². The summed E-state index contributed by atoms with van der Waals surface area (Å²) in [5, 5.41) is 10.2. The molecule has 0 amide bonds. The van der Waals surface area contributed by atoms with Crippen molar-refractivity contribution in [1.82, 2.24) is 0 Å². The number of hydrogen-bond acceptors (Lipinski definition) is 3. The van der Waals surface area contributed by atoms with E-state index in [1.165, 1.54) is 7.11 Å². The van der Waals surface area contributed by atoms with Gasteiger partial charge in [0, 0.05) is 17.1 Å². The van der Waals surface area contributed by atoms with E-state index in [0.29, 0.717) is 6.07 Å². The van der Waals surface area contributed by atoms with Crippen LogP contribution in [-0.4, -0.2) is 12.0 Å². The van der Waals surface area contributed by atoms with E-state index in [9.17, 15) is 18.9 Å². The maximum Gasteiger partial charge on any atom is 0.235 e. The van der Waals surface area contributed by atoms with Gasteiger partial charge in [-0.2, -0.15) is 0 Å². The predicted octanol–water partition coefficient (Wildman–Crippen LogP) is 1.75. The number of halogens is 2. The van der Waals surface area contributed by atoms with Crippen molar-refractivity contribution in [2.24, 2.45) is 0 Å². The van der Waals surface area contributed by atoms with Crippen molar-refractivity contribution in [2.45, 2.75) is 6.54 Å². The summed E-state index contributed by atoms with van der Waals surface area (Å²) in [5.74, 6) is -1.95. The van der Waals surface area contributed by atoms with Crippen LogP contribution >= 0.6 is 0 Å². The van der Waals surface area contributed by atoms with Gasteiger partial charge in [-0.1, -0.05) is 0 Å². The molecule has 0 saturated carbocycles. The van der Waals surface area contributed by atoms with E-state index in [4.69, 9.17) is 0 Å². The van der Waals surface area contributed by atoms with E-state index in [1.54, 1.807) is 0 Å². The van der Waals surface area contributed by atoms with Crippen LogP contribution in [0.25, 0.3) is 0 Å². The lowest BCUT2D eigenvalue weighted by Crippen LogP contribution is -2.04. The summed E-state index contributed by atoms with van der Waals surface area (Å²) in [7, 11) is 1.19. The number of rotatable bonds is 3. The first-order valence-electron chi connectivity index (χ1n) is 3.68. The maximum atomic E-state index is 13.0. The second-order valence-corrected chi connectivity index (χ2v) is 2.56. The van der Waals surface area contributed by atoms with Gasteiger partial charge < -0.3 is 4.74 Å². The van der Waals surface area contributed by atoms with Gasteiger partial charge in [0.15, 0.2) is 0 Å². The summed E-state index contributed by atoms with van der Waals surface area (Å²) >= 11 is 0. The molecule has 1 aromatic carbocycles. The van der Waals surface area contributed by atoms with Crippen LogP contribution in [0.1, 0.15) is 5.56 Å². The topological polar surface area (TPSA) is 52.4 Å². The number of hydrogen-bond donors (Lipinski definition) is 0. The molecule has 0 saturated heterocycles. The molecule has 0 atom stereocenters. The van der Waals surface area contributed by atoms with Gasteiger partial charge in [0.2, 0.25) is 6.54 Å². The van der Waals surface area contributed by atoms with E-state index in [1.807, 2.05) is 0 Å². The Kier molecular flexibility index (Phi) is 2.95. The lowest BCUT2D eigenvalue weighted by Gasteiger charge is -2.05. The summed E-state index contributed by atoms with van der Waals surface area (Å²) in [4.78, 5) is 9.45. The third kappa shape index (κ3) is 2.15. The number of nitrogens with zero attached hydrogens (tertiary/aromatic N) is 1. The van der Waals surface area contributed by atoms with Crippen molar-refractivity contribution < 1.29 is 18.4 Å². The summed E-state index contributed by atoms with van der Waals surface area (Å²) < 4.78 is 30.3. The fourth-order valence-corrected chi connectivity index (χ4v) is 1.04. The Hall–Kier alpha value is -1.72. The van der Waals surface area contributed by atoms with Crippen LogP contribution in [-0.2, 0) is 6.54 Å². The second kappa shape index (κ2) is 3.99. The average Bonchev–Trinajstić information content (AvgIpc) is 2.08. The molecule has 4 nitrogen and oxygen atoms in total. The summed E-state index contributed by atoms with van der Waals surface area (Å²) in [6, 6.07) is 1.49. The Morgan fingerprint density at radius 1 is 1.50 bits per heavy atom. The van der Waals surface area contributed by atoms with Gasteiger partial charge in [0.25, 0.3) is 0 Å². The zero-order valence-corrected chi connectivity index (χ0v) is 7.29. The number of benzene rings is 1. The molecule has 0 aliphatic carbocycles. The van der Waals surface area contributed by atoms with Gasteiger partial charge >= 0.3 is 0 Å². The fraction of sp³-hybridized carbons (Fsp3) is 0.250. The van der Waals surface area contributed by atoms with E-state index < -0.39 is 23.1 Å². The minimum absolute atomic E-state index is 0.154. The molecule has 0 radical (unpaired) electrons. The van der Waals surface area contributed by atoms with Crippen molar-refractivity contribution in [3.63, 3.8) is 0 Å². The Bertz CT molecular complexity index is 368. The van der Waals surface area contributed by atoms with Crippen LogP contribution in [0.4, 0.5) is 8.78 Å².